The van der Waals surface area contributed by atoms with E-state index in [2.05, 4.69) is 25.9 Å². The topological polar surface area (TPSA) is 44.2 Å². The summed E-state index contributed by atoms with van der Waals surface area (Å²) in [6.07, 6.45) is 0. The minimum absolute atomic E-state index is 0.456. The summed E-state index contributed by atoms with van der Waals surface area (Å²) in [5.74, 6) is 1.24. The lowest BCUT2D eigenvalue weighted by atomic mass is 10.2. The molecule has 112 valence electrons. The van der Waals surface area contributed by atoms with Crippen LogP contribution >= 0.6 is 15.9 Å². The highest BCUT2D eigenvalue weighted by Gasteiger charge is 2.10. The van der Waals surface area contributed by atoms with Crippen LogP contribution in [0.1, 0.15) is 0 Å². The van der Waals surface area contributed by atoms with Crippen LogP contribution in [0.2, 0.25) is 0 Å². The van der Waals surface area contributed by atoms with Crippen LogP contribution in [-0.2, 0) is 4.74 Å². The number of hydrogen-bond donors (Lipinski definition) is 0. The summed E-state index contributed by atoms with van der Waals surface area (Å²) in [7, 11) is 1.65. The molecule has 0 aliphatic carbocycles. The first kappa shape index (κ1) is 14.9. The number of benzene rings is 2. The molecule has 0 saturated carbocycles. The van der Waals surface area contributed by atoms with E-state index in [1.165, 1.54) is 0 Å². The van der Waals surface area contributed by atoms with Gasteiger partial charge in [0.1, 0.15) is 6.61 Å². The van der Waals surface area contributed by atoms with Gasteiger partial charge in [-0.1, -0.05) is 40.2 Å². The highest BCUT2D eigenvalue weighted by atomic mass is 79.9. The Morgan fingerprint density at radius 3 is 2.50 bits per heavy atom. The van der Waals surface area contributed by atoms with Crippen LogP contribution in [0.5, 0.6) is 5.88 Å². The second-order valence-corrected chi connectivity index (χ2v) is 5.63. The maximum Gasteiger partial charge on any atom is 0.225 e. The molecule has 0 aliphatic heterocycles. The van der Waals surface area contributed by atoms with Gasteiger partial charge in [-0.3, -0.25) is 0 Å². The van der Waals surface area contributed by atoms with Gasteiger partial charge >= 0.3 is 0 Å². The molecule has 3 aromatic rings. The molecule has 22 heavy (non-hydrogen) atoms. The molecule has 0 atom stereocenters. The van der Waals surface area contributed by atoms with Crippen molar-refractivity contribution in [3.8, 4) is 17.3 Å². The van der Waals surface area contributed by atoms with E-state index < -0.39 is 0 Å². The van der Waals surface area contributed by atoms with Crippen molar-refractivity contribution in [2.75, 3.05) is 20.3 Å². The van der Waals surface area contributed by atoms with Crippen LogP contribution < -0.4 is 4.74 Å². The number of hydrogen-bond acceptors (Lipinski definition) is 4. The molecule has 0 amide bonds. The third-order valence-corrected chi connectivity index (χ3v) is 3.73. The van der Waals surface area contributed by atoms with E-state index in [9.17, 15) is 0 Å². The second kappa shape index (κ2) is 6.85. The van der Waals surface area contributed by atoms with Crippen LogP contribution in [-0.4, -0.2) is 30.3 Å². The Labute approximate surface area is 137 Å². The Morgan fingerprint density at radius 2 is 1.73 bits per heavy atom. The predicted molar refractivity (Wildman–Crippen MR) is 90.0 cm³/mol. The van der Waals surface area contributed by atoms with Crippen molar-refractivity contribution in [3.05, 3.63) is 53.0 Å². The van der Waals surface area contributed by atoms with Gasteiger partial charge in [0, 0.05) is 17.1 Å². The van der Waals surface area contributed by atoms with E-state index in [4.69, 9.17) is 9.47 Å². The van der Waals surface area contributed by atoms with Gasteiger partial charge in [0.2, 0.25) is 5.88 Å². The summed E-state index contributed by atoms with van der Waals surface area (Å²) < 4.78 is 11.8. The van der Waals surface area contributed by atoms with Crippen molar-refractivity contribution < 1.29 is 9.47 Å². The van der Waals surface area contributed by atoms with Gasteiger partial charge < -0.3 is 9.47 Å². The summed E-state index contributed by atoms with van der Waals surface area (Å²) in [4.78, 5) is 9.19. The van der Waals surface area contributed by atoms with E-state index in [1.54, 1.807) is 7.11 Å². The molecule has 1 heterocycles. The molecule has 5 heteroatoms. The van der Waals surface area contributed by atoms with Gasteiger partial charge in [0.15, 0.2) is 5.82 Å². The number of aromatic nitrogens is 2. The summed E-state index contributed by atoms with van der Waals surface area (Å²) in [5.41, 5.74) is 1.81. The van der Waals surface area contributed by atoms with Crippen molar-refractivity contribution in [3.63, 3.8) is 0 Å². The second-order valence-electron chi connectivity index (χ2n) is 4.72. The van der Waals surface area contributed by atoms with Crippen LogP contribution in [0, 0.1) is 0 Å². The molecule has 3 rings (SSSR count). The highest BCUT2D eigenvalue weighted by molar-refractivity contribution is 9.10. The number of methoxy groups -OCH3 is 1. The molecule has 0 bridgehead atoms. The van der Waals surface area contributed by atoms with E-state index in [0.717, 1.165) is 20.9 Å². The van der Waals surface area contributed by atoms with Crippen LogP contribution in [0.4, 0.5) is 0 Å². The van der Waals surface area contributed by atoms with Gasteiger partial charge in [-0.15, -0.1) is 0 Å². The first-order valence-electron chi connectivity index (χ1n) is 6.92. The number of rotatable bonds is 5. The molecule has 0 spiro atoms. The van der Waals surface area contributed by atoms with Gasteiger partial charge in [-0.05, 0) is 24.3 Å². The van der Waals surface area contributed by atoms with Crippen molar-refractivity contribution in [2.45, 2.75) is 0 Å². The predicted octanol–water partition coefficient (Wildman–Crippen LogP) is 4.08. The molecule has 0 fully saturated rings. The Hall–Kier alpha value is -1.98. The Morgan fingerprint density at radius 1 is 0.955 bits per heavy atom. The monoisotopic (exact) mass is 358 g/mol. The summed E-state index contributed by atoms with van der Waals surface area (Å²) in [6, 6.07) is 15.7. The lowest BCUT2D eigenvalue weighted by Crippen LogP contribution is -2.06. The summed E-state index contributed by atoms with van der Waals surface area (Å²) in [6.45, 7) is 0.975. The SMILES string of the molecule is COCCOc1nc(-c2ccc(Br)cc2)nc2ccccc12. The Bertz CT molecular complexity index is 775. The number of nitrogens with zero attached hydrogens (tertiary/aromatic N) is 2. The lowest BCUT2D eigenvalue weighted by molar-refractivity contribution is 0.144. The van der Waals surface area contributed by atoms with E-state index in [0.29, 0.717) is 24.9 Å². The van der Waals surface area contributed by atoms with E-state index in [1.807, 2.05) is 48.5 Å². The smallest absolute Gasteiger partial charge is 0.225 e. The van der Waals surface area contributed by atoms with E-state index in [-0.39, 0.29) is 0 Å². The molecule has 2 aromatic carbocycles. The highest BCUT2D eigenvalue weighted by Crippen LogP contribution is 2.27. The fraction of sp³-hybridized carbons (Fsp3) is 0.176. The molecular weight excluding hydrogens is 344 g/mol. The largest absolute Gasteiger partial charge is 0.475 e. The van der Waals surface area contributed by atoms with Gasteiger partial charge in [0.05, 0.1) is 17.5 Å². The number of halogens is 1. The average molecular weight is 359 g/mol. The van der Waals surface area contributed by atoms with Crippen LogP contribution in [0.25, 0.3) is 22.3 Å². The fourth-order valence-electron chi connectivity index (χ4n) is 2.11. The minimum Gasteiger partial charge on any atom is -0.475 e. The normalized spacial score (nSPS) is 10.8. The van der Waals surface area contributed by atoms with Crippen LogP contribution in [0.15, 0.2) is 53.0 Å². The average Bonchev–Trinajstić information content (AvgIpc) is 2.55. The first-order valence-corrected chi connectivity index (χ1v) is 7.71. The zero-order valence-corrected chi connectivity index (χ0v) is 13.7. The van der Waals surface area contributed by atoms with Crippen molar-refractivity contribution in [2.24, 2.45) is 0 Å². The zero-order chi connectivity index (χ0) is 15.4. The molecular formula is C17H15BrN2O2. The maximum absolute atomic E-state index is 5.76. The Kier molecular flexibility index (Phi) is 4.65. The Balaban J connectivity index is 2.05. The lowest BCUT2D eigenvalue weighted by Gasteiger charge is -2.10. The molecule has 0 saturated heterocycles. The molecule has 0 radical (unpaired) electrons. The summed E-state index contributed by atoms with van der Waals surface area (Å²) in [5, 5.41) is 0.902. The van der Waals surface area contributed by atoms with Crippen LogP contribution in [0.3, 0.4) is 0 Å². The fourth-order valence-corrected chi connectivity index (χ4v) is 2.37. The third kappa shape index (κ3) is 3.26. The zero-order valence-electron chi connectivity index (χ0n) is 12.1. The standard InChI is InChI=1S/C17H15BrN2O2/c1-21-10-11-22-17-14-4-2-3-5-15(14)19-16(20-17)12-6-8-13(18)9-7-12/h2-9H,10-11H2,1H3. The number of ether oxygens (including phenoxy) is 2. The minimum atomic E-state index is 0.456. The van der Waals surface area contributed by atoms with Gasteiger partial charge in [-0.2, -0.15) is 4.98 Å². The molecule has 4 nitrogen and oxygen atoms in total. The number of para-hydroxylation sites is 1. The quantitative estimate of drug-likeness (QED) is 0.644. The molecule has 1 aromatic heterocycles. The van der Waals surface area contributed by atoms with Gasteiger partial charge in [-0.25, -0.2) is 4.98 Å². The van der Waals surface area contributed by atoms with Crippen molar-refractivity contribution in [1.82, 2.24) is 9.97 Å². The summed E-state index contributed by atoms with van der Waals surface area (Å²) >= 11 is 3.43. The molecule has 0 aliphatic rings. The molecule has 0 unspecified atom stereocenters. The van der Waals surface area contributed by atoms with Gasteiger partial charge in [0.25, 0.3) is 0 Å². The first-order chi connectivity index (χ1) is 10.8. The van der Waals surface area contributed by atoms with E-state index >= 15 is 0 Å². The molecule has 0 N–H and O–H groups in total. The van der Waals surface area contributed by atoms with Crippen molar-refractivity contribution in [1.29, 1.82) is 0 Å². The van der Waals surface area contributed by atoms with Crippen molar-refractivity contribution >= 4 is 26.8 Å². The third-order valence-electron chi connectivity index (χ3n) is 3.20. The maximum atomic E-state index is 5.76. The number of fused-ring (bicyclic) bond motifs is 1.